The first kappa shape index (κ1) is 22.3. The van der Waals surface area contributed by atoms with Crippen molar-refractivity contribution in [2.24, 2.45) is 0 Å². The summed E-state index contributed by atoms with van der Waals surface area (Å²) in [5, 5.41) is 9.70. The first-order valence-corrected chi connectivity index (χ1v) is 24.7. The molecule has 0 spiro atoms. The Bertz CT molecular complexity index is 228. The molecule has 0 aliphatic rings. The molecule has 0 rings (SSSR count). The molecule has 0 aromatic heterocycles. The minimum absolute atomic E-state index is 0.441. The standard InChI is InChI=1S/C6H15GeO.3C4H9.Sn/c1-7(2,3)5-4-6-8;3*1-3-4-2;/h5,8H,4,6H2,1-3H3;3*1,3-4H2,2H3;. The maximum absolute atomic E-state index is 9.70. The number of aliphatic hydroxyl groups is 1. The zero-order valence-corrected chi connectivity index (χ0v) is 20.8. The van der Waals surface area contributed by atoms with E-state index in [-0.39, 0.29) is 0 Å². The van der Waals surface area contributed by atoms with Gasteiger partial charge in [-0.2, -0.15) is 0 Å². The van der Waals surface area contributed by atoms with Gasteiger partial charge in [0.15, 0.2) is 0 Å². The van der Waals surface area contributed by atoms with Gasteiger partial charge in [0.05, 0.1) is 0 Å². The molecular formula is C18H42GeOSn. The summed E-state index contributed by atoms with van der Waals surface area (Å²) in [6.45, 7) is 7.51. The molecule has 1 nitrogen and oxygen atoms in total. The van der Waals surface area contributed by atoms with Crippen LogP contribution in [0.15, 0.2) is 0 Å². The van der Waals surface area contributed by atoms with E-state index in [9.17, 15) is 5.11 Å². The molecule has 0 aliphatic carbocycles. The van der Waals surface area contributed by atoms with E-state index in [1.54, 1.807) is 13.3 Å². The van der Waals surface area contributed by atoms with Crippen LogP contribution in [0.4, 0.5) is 0 Å². The van der Waals surface area contributed by atoms with Gasteiger partial charge in [0.1, 0.15) is 0 Å². The topological polar surface area (TPSA) is 20.2 Å². The fraction of sp³-hybridized carbons (Fsp3) is 1.00. The van der Waals surface area contributed by atoms with Gasteiger partial charge < -0.3 is 0 Å². The summed E-state index contributed by atoms with van der Waals surface area (Å²) in [6.07, 6.45) is 9.62. The van der Waals surface area contributed by atoms with Gasteiger partial charge in [-0.15, -0.1) is 0 Å². The average molecular weight is 466 g/mol. The van der Waals surface area contributed by atoms with Gasteiger partial charge >= 0.3 is 142 Å². The number of aliphatic hydroxyl groups excluding tert-OH is 1. The molecule has 0 fully saturated rings. The van der Waals surface area contributed by atoms with Gasteiger partial charge in [-0.05, 0) is 0 Å². The molecule has 0 aliphatic heterocycles. The molecular weight excluding hydrogens is 424 g/mol. The van der Waals surface area contributed by atoms with Crippen molar-refractivity contribution in [1.82, 2.24) is 0 Å². The minimum atomic E-state index is -2.12. The first-order valence-electron chi connectivity index (χ1n) is 9.48. The van der Waals surface area contributed by atoms with Crippen molar-refractivity contribution in [1.29, 1.82) is 0 Å². The second-order valence-electron chi connectivity index (χ2n) is 8.10. The number of hydrogen-bond acceptors (Lipinski definition) is 1. The van der Waals surface area contributed by atoms with Crippen molar-refractivity contribution in [3.05, 3.63) is 0 Å². The third kappa shape index (κ3) is 8.10. The number of hydrogen-bond donors (Lipinski definition) is 1. The first-order chi connectivity index (χ1) is 9.87. The van der Waals surface area contributed by atoms with E-state index in [4.69, 9.17) is 0 Å². The SMILES string of the molecule is CCC[CH2][Sn]([CH2]CCC)([CH2]CCC)[CH](CCO)[Ge]([CH3])([CH3])[CH3]. The van der Waals surface area contributed by atoms with Crippen LogP contribution >= 0.6 is 0 Å². The zero-order valence-electron chi connectivity index (χ0n) is 15.8. The van der Waals surface area contributed by atoms with Crippen LogP contribution in [0.2, 0.25) is 33.3 Å². The summed E-state index contributed by atoms with van der Waals surface area (Å²) in [6, 6.07) is 0. The normalized spacial score (nSPS) is 14.4. The van der Waals surface area contributed by atoms with Gasteiger partial charge in [-0.1, -0.05) is 0 Å². The fourth-order valence-corrected chi connectivity index (χ4v) is 59.8. The quantitative estimate of drug-likeness (QED) is 0.309. The monoisotopic (exact) mass is 468 g/mol. The number of rotatable bonds is 13. The summed E-state index contributed by atoms with van der Waals surface area (Å²) in [4.78, 5) is 0. The van der Waals surface area contributed by atoms with E-state index in [1.807, 2.05) is 0 Å². The molecule has 0 radical (unpaired) electrons. The molecule has 1 atom stereocenters. The molecule has 0 saturated heterocycles. The predicted octanol–water partition coefficient (Wildman–Crippen LogP) is 6.47. The molecule has 1 unspecified atom stereocenters. The maximum atomic E-state index is 9.70. The van der Waals surface area contributed by atoms with Crippen molar-refractivity contribution in [2.45, 2.75) is 99.1 Å². The Labute approximate surface area is 141 Å². The van der Waals surface area contributed by atoms with Gasteiger partial charge in [-0.3, -0.25) is 0 Å². The summed E-state index contributed by atoms with van der Waals surface area (Å²) in [7, 11) is 0. The second kappa shape index (κ2) is 11.8. The van der Waals surface area contributed by atoms with Crippen molar-refractivity contribution >= 4 is 31.6 Å². The summed E-state index contributed by atoms with van der Waals surface area (Å²) in [5.41, 5.74) is 0. The Morgan fingerprint density at radius 3 is 1.43 bits per heavy atom. The molecule has 0 amide bonds. The van der Waals surface area contributed by atoms with E-state index in [0.29, 0.717) is 6.61 Å². The molecule has 0 bridgehead atoms. The molecule has 128 valence electrons. The number of unbranched alkanes of at least 4 members (excludes halogenated alkanes) is 3. The van der Waals surface area contributed by atoms with Gasteiger partial charge in [0, 0.05) is 0 Å². The summed E-state index contributed by atoms with van der Waals surface area (Å²) >= 11 is -3.82. The Balaban J connectivity index is 5.40. The van der Waals surface area contributed by atoms with Crippen LogP contribution < -0.4 is 0 Å². The molecule has 0 aromatic carbocycles. The van der Waals surface area contributed by atoms with Crippen molar-refractivity contribution in [3.63, 3.8) is 0 Å². The second-order valence-corrected chi connectivity index (χ2v) is 37.0. The van der Waals surface area contributed by atoms with Crippen LogP contribution in [0.25, 0.3) is 0 Å². The van der Waals surface area contributed by atoms with Gasteiger partial charge in [0.25, 0.3) is 0 Å². The zero-order chi connectivity index (χ0) is 16.4. The fourth-order valence-electron chi connectivity index (χ4n) is 4.27. The van der Waals surface area contributed by atoms with Crippen LogP contribution in [0.5, 0.6) is 0 Å². The Kier molecular flexibility index (Phi) is 12.5. The van der Waals surface area contributed by atoms with E-state index in [2.05, 4.69) is 38.0 Å². The van der Waals surface area contributed by atoms with E-state index >= 15 is 0 Å². The third-order valence-corrected chi connectivity index (χ3v) is 48.3. The Morgan fingerprint density at radius 1 is 0.810 bits per heavy atom. The molecule has 1 N–H and O–H groups in total. The van der Waals surface area contributed by atoms with Gasteiger partial charge in [-0.25, -0.2) is 0 Å². The Morgan fingerprint density at radius 2 is 1.19 bits per heavy atom. The van der Waals surface area contributed by atoms with Crippen LogP contribution in [0.1, 0.15) is 65.7 Å². The third-order valence-electron chi connectivity index (χ3n) is 5.29. The van der Waals surface area contributed by atoms with E-state index in [1.165, 1.54) is 38.5 Å². The van der Waals surface area contributed by atoms with Crippen LogP contribution in [0, 0.1) is 0 Å². The summed E-state index contributed by atoms with van der Waals surface area (Å²) in [5.74, 6) is 7.86. The van der Waals surface area contributed by atoms with Crippen LogP contribution in [-0.2, 0) is 0 Å². The van der Waals surface area contributed by atoms with E-state index < -0.39 is 31.6 Å². The average Bonchev–Trinajstić information content (AvgIpc) is 2.44. The Hall–Kier alpha value is 1.30. The van der Waals surface area contributed by atoms with E-state index in [0.717, 1.165) is 9.19 Å². The van der Waals surface area contributed by atoms with Crippen molar-refractivity contribution in [2.75, 3.05) is 6.61 Å². The molecule has 0 aromatic rings. The van der Waals surface area contributed by atoms with Crippen molar-refractivity contribution < 1.29 is 5.11 Å². The van der Waals surface area contributed by atoms with Gasteiger partial charge in [0.2, 0.25) is 0 Å². The van der Waals surface area contributed by atoms with Crippen LogP contribution in [-0.4, -0.2) is 43.4 Å². The molecule has 0 saturated carbocycles. The van der Waals surface area contributed by atoms with Crippen LogP contribution in [0.3, 0.4) is 0 Å². The van der Waals surface area contributed by atoms with Crippen molar-refractivity contribution in [3.8, 4) is 0 Å². The summed E-state index contributed by atoms with van der Waals surface area (Å²) < 4.78 is 5.86. The molecule has 21 heavy (non-hydrogen) atoms. The molecule has 0 heterocycles. The predicted molar refractivity (Wildman–Crippen MR) is 104 cm³/mol. The molecule has 3 heteroatoms.